The molecule has 1 aromatic carbocycles. The molecular weight excluding hydrogens is 249 g/mol. The van der Waals surface area contributed by atoms with Crippen LogP contribution < -0.4 is 5.32 Å². The van der Waals surface area contributed by atoms with Crippen LogP contribution in [0.3, 0.4) is 0 Å². The Morgan fingerprint density at radius 2 is 2.16 bits per heavy atom. The van der Waals surface area contributed by atoms with E-state index in [-0.39, 0.29) is 12.3 Å². The van der Waals surface area contributed by atoms with Gasteiger partial charge in [-0.15, -0.1) is 0 Å². The van der Waals surface area contributed by atoms with Crippen LogP contribution in [0, 0.1) is 11.7 Å². The number of carboxylic acid groups (broad SMARTS) is 1. The fourth-order valence-corrected chi connectivity index (χ4v) is 2.16. The maximum atomic E-state index is 13.0. The third-order valence-electron chi connectivity index (χ3n) is 3.49. The Labute approximate surface area is 110 Å². The Hall–Kier alpha value is -1.91. The van der Waals surface area contributed by atoms with E-state index in [9.17, 15) is 19.1 Å². The second-order valence-corrected chi connectivity index (χ2v) is 5.14. The highest BCUT2D eigenvalue weighted by Crippen LogP contribution is 2.39. The molecule has 1 aliphatic rings. The summed E-state index contributed by atoms with van der Waals surface area (Å²) in [4.78, 5) is 23.1. The molecule has 1 aliphatic carbocycles. The lowest BCUT2D eigenvalue weighted by Gasteiger charge is -2.26. The number of benzene rings is 1. The average molecular weight is 265 g/mol. The zero-order valence-electron chi connectivity index (χ0n) is 10.6. The van der Waals surface area contributed by atoms with Gasteiger partial charge in [0.05, 0.1) is 6.42 Å². The van der Waals surface area contributed by atoms with E-state index in [0.29, 0.717) is 5.56 Å². The van der Waals surface area contributed by atoms with Gasteiger partial charge in [0.25, 0.3) is 0 Å². The third kappa shape index (κ3) is 3.10. The van der Waals surface area contributed by atoms with E-state index in [2.05, 4.69) is 5.32 Å². The zero-order chi connectivity index (χ0) is 14.0. The van der Waals surface area contributed by atoms with Crippen LogP contribution in [0.2, 0.25) is 0 Å². The van der Waals surface area contributed by atoms with Gasteiger partial charge in [0.1, 0.15) is 11.4 Å². The highest BCUT2D eigenvalue weighted by molar-refractivity contribution is 5.88. The quantitative estimate of drug-likeness (QED) is 0.852. The SMILES string of the molecule is CC(NC(=O)Cc1cccc(F)c1)(C(=O)O)C1CC1. The maximum absolute atomic E-state index is 13.0. The first-order chi connectivity index (χ1) is 8.91. The summed E-state index contributed by atoms with van der Waals surface area (Å²) in [6, 6.07) is 5.73. The molecule has 5 heteroatoms. The standard InChI is InChI=1S/C14H16FNO3/c1-14(13(18)19,10-5-6-10)16-12(17)8-9-3-2-4-11(15)7-9/h2-4,7,10H,5-6,8H2,1H3,(H,16,17)(H,18,19). The number of halogens is 1. The van der Waals surface area contributed by atoms with Crippen molar-refractivity contribution in [1.82, 2.24) is 5.32 Å². The van der Waals surface area contributed by atoms with Gasteiger partial charge in [0.2, 0.25) is 5.91 Å². The van der Waals surface area contributed by atoms with Crippen LogP contribution in [0.5, 0.6) is 0 Å². The number of carbonyl (C=O) groups is 2. The first-order valence-corrected chi connectivity index (χ1v) is 6.20. The molecule has 102 valence electrons. The number of hydrogen-bond donors (Lipinski definition) is 2. The average Bonchev–Trinajstić information content (AvgIpc) is 3.12. The van der Waals surface area contributed by atoms with Crippen molar-refractivity contribution in [3.05, 3.63) is 35.6 Å². The van der Waals surface area contributed by atoms with E-state index in [1.54, 1.807) is 6.07 Å². The number of aliphatic carboxylic acids is 1. The van der Waals surface area contributed by atoms with Crippen molar-refractivity contribution in [2.24, 2.45) is 5.92 Å². The highest BCUT2D eigenvalue weighted by atomic mass is 19.1. The summed E-state index contributed by atoms with van der Waals surface area (Å²) in [6.45, 7) is 1.52. The number of amides is 1. The van der Waals surface area contributed by atoms with Gasteiger partial charge in [-0.05, 0) is 43.4 Å². The van der Waals surface area contributed by atoms with Crippen molar-refractivity contribution in [2.45, 2.75) is 31.7 Å². The Bertz CT molecular complexity index is 513. The molecule has 4 nitrogen and oxygen atoms in total. The number of carbonyl (C=O) groups excluding carboxylic acids is 1. The number of nitrogens with one attached hydrogen (secondary N) is 1. The molecule has 0 saturated heterocycles. The van der Waals surface area contributed by atoms with Crippen molar-refractivity contribution < 1.29 is 19.1 Å². The fourth-order valence-electron chi connectivity index (χ4n) is 2.16. The maximum Gasteiger partial charge on any atom is 0.329 e. The Morgan fingerprint density at radius 1 is 1.47 bits per heavy atom. The molecule has 0 aromatic heterocycles. The topological polar surface area (TPSA) is 66.4 Å². The van der Waals surface area contributed by atoms with Crippen LogP contribution >= 0.6 is 0 Å². The Balaban J connectivity index is 2.02. The van der Waals surface area contributed by atoms with E-state index in [0.717, 1.165) is 12.8 Å². The molecule has 1 saturated carbocycles. The highest BCUT2D eigenvalue weighted by Gasteiger charge is 2.48. The Kier molecular flexibility index (Phi) is 3.55. The first kappa shape index (κ1) is 13.5. The summed E-state index contributed by atoms with van der Waals surface area (Å²) < 4.78 is 13.0. The summed E-state index contributed by atoms with van der Waals surface area (Å²) in [5.41, 5.74) is -0.689. The molecule has 1 unspecified atom stereocenters. The van der Waals surface area contributed by atoms with Crippen LogP contribution in [0.1, 0.15) is 25.3 Å². The molecule has 1 amide bonds. The van der Waals surface area contributed by atoms with Crippen molar-refractivity contribution in [3.8, 4) is 0 Å². The molecule has 1 atom stereocenters. The number of hydrogen-bond acceptors (Lipinski definition) is 2. The van der Waals surface area contributed by atoms with Crippen LogP contribution in [0.4, 0.5) is 4.39 Å². The third-order valence-corrected chi connectivity index (χ3v) is 3.49. The van der Waals surface area contributed by atoms with Gasteiger partial charge >= 0.3 is 5.97 Å². The van der Waals surface area contributed by atoms with Crippen LogP contribution in [-0.2, 0) is 16.0 Å². The lowest BCUT2D eigenvalue weighted by atomic mass is 9.95. The Morgan fingerprint density at radius 3 is 2.68 bits per heavy atom. The molecule has 1 fully saturated rings. The summed E-state index contributed by atoms with van der Waals surface area (Å²) >= 11 is 0. The van der Waals surface area contributed by atoms with E-state index in [4.69, 9.17) is 0 Å². The molecular formula is C14H16FNO3. The summed E-state index contributed by atoms with van der Waals surface area (Å²) in [6.07, 6.45) is 1.60. The molecule has 0 heterocycles. The van der Waals surface area contributed by atoms with Crippen LogP contribution in [0.15, 0.2) is 24.3 Å². The van der Waals surface area contributed by atoms with Gasteiger partial charge in [-0.25, -0.2) is 9.18 Å². The van der Waals surface area contributed by atoms with E-state index < -0.39 is 23.2 Å². The van der Waals surface area contributed by atoms with E-state index >= 15 is 0 Å². The van der Waals surface area contributed by atoms with Crippen LogP contribution in [0.25, 0.3) is 0 Å². The molecule has 2 N–H and O–H groups in total. The molecule has 2 rings (SSSR count). The molecule has 0 bridgehead atoms. The summed E-state index contributed by atoms with van der Waals surface area (Å²) in [5, 5.41) is 11.8. The molecule has 19 heavy (non-hydrogen) atoms. The van der Waals surface area contributed by atoms with Gasteiger partial charge in [-0.2, -0.15) is 0 Å². The van der Waals surface area contributed by atoms with Crippen molar-refractivity contribution >= 4 is 11.9 Å². The zero-order valence-corrected chi connectivity index (χ0v) is 10.6. The van der Waals surface area contributed by atoms with Gasteiger partial charge < -0.3 is 10.4 Å². The normalized spacial score (nSPS) is 17.6. The fraction of sp³-hybridized carbons (Fsp3) is 0.429. The van der Waals surface area contributed by atoms with E-state index in [1.807, 2.05) is 0 Å². The van der Waals surface area contributed by atoms with Gasteiger partial charge in [0.15, 0.2) is 0 Å². The van der Waals surface area contributed by atoms with Crippen molar-refractivity contribution in [2.75, 3.05) is 0 Å². The minimum atomic E-state index is -1.22. The summed E-state index contributed by atoms with van der Waals surface area (Å²) in [7, 11) is 0. The van der Waals surface area contributed by atoms with E-state index in [1.165, 1.54) is 25.1 Å². The number of carboxylic acids is 1. The predicted octanol–water partition coefficient (Wildman–Crippen LogP) is 1.74. The largest absolute Gasteiger partial charge is 0.480 e. The molecule has 0 aliphatic heterocycles. The van der Waals surface area contributed by atoms with Gasteiger partial charge in [-0.1, -0.05) is 12.1 Å². The van der Waals surface area contributed by atoms with Crippen molar-refractivity contribution in [1.29, 1.82) is 0 Å². The second kappa shape index (κ2) is 4.99. The second-order valence-electron chi connectivity index (χ2n) is 5.14. The first-order valence-electron chi connectivity index (χ1n) is 6.20. The summed E-state index contributed by atoms with van der Waals surface area (Å²) in [5.74, 6) is -1.85. The lowest BCUT2D eigenvalue weighted by molar-refractivity contribution is -0.147. The van der Waals surface area contributed by atoms with Gasteiger partial charge in [-0.3, -0.25) is 4.79 Å². The smallest absolute Gasteiger partial charge is 0.329 e. The molecule has 0 spiro atoms. The minimum Gasteiger partial charge on any atom is -0.480 e. The molecule has 0 radical (unpaired) electrons. The van der Waals surface area contributed by atoms with Gasteiger partial charge in [0, 0.05) is 0 Å². The van der Waals surface area contributed by atoms with Crippen LogP contribution in [-0.4, -0.2) is 22.5 Å². The molecule has 1 aromatic rings. The lowest BCUT2D eigenvalue weighted by Crippen LogP contribution is -2.54. The predicted molar refractivity (Wildman–Crippen MR) is 67.0 cm³/mol. The van der Waals surface area contributed by atoms with Crippen molar-refractivity contribution in [3.63, 3.8) is 0 Å². The number of rotatable bonds is 5. The minimum absolute atomic E-state index is 0.0125. The monoisotopic (exact) mass is 265 g/mol.